The highest BCUT2D eigenvalue weighted by molar-refractivity contribution is 6.05. The van der Waals surface area contributed by atoms with Crippen molar-refractivity contribution >= 4 is 28.4 Å². The molecule has 5 rings (SSSR count). The van der Waals surface area contributed by atoms with Gasteiger partial charge in [-0.25, -0.2) is 4.39 Å². The van der Waals surface area contributed by atoms with E-state index in [2.05, 4.69) is 5.32 Å². The van der Waals surface area contributed by atoms with Crippen LogP contribution in [0.1, 0.15) is 34.5 Å². The third-order valence-corrected chi connectivity index (χ3v) is 6.13. The summed E-state index contributed by atoms with van der Waals surface area (Å²) in [5.74, 6) is -0.888. The lowest BCUT2D eigenvalue weighted by atomic mass is 9.97. The minimum absolute atomic E-state index is 0.180. The van der Waals surface area contributed by atoms with Gasteiger partial charge in [0.2, 0.25) is 5.91 Å². The molecule has 0 radical (unpaired) electrons. The van der Waals surface area contributed by atoms with Gasteiger partial charge >= 0.3 is 0 Å². The lowest BCUT2D eigenvalue weighted by Crippen LogP contribution is -2.44. The molecule has 0 unspecified atom stereocenters. The number of carbonyl (C=O) groups is 2. The third-order valence-electron chi connectivity index (χ3n) is 6.13. The van der Waals surface area contributed by atoms with Crippen LogP contribution >= 0.6 is 0 Å². The minimum Gasteiger partial charge on any atom is -0.350 e. The standard InChI is InChI=1S/C26H22FN3O2/c1-16(25(31)28-18-13-11-17(27)12-14-18)30-24(20-8-3-4-9-21(20)26(30)32)22-15-29(2)23-10-6-5-7-19(22)23/h3-16,24H,1-2H3,(H,28,31)/t16-,24-/m1/s1. The number of hydrogen-bond donors (Lipinski definition) is 1. The minimum atomic E-state index is -0.746. The monoisotopic (exact) mass is 427 g/mol. The Labute approximate surface area is 185 Å². The summed E-state index contributed by atoms with van der Waals surface area (Å²) in [5, 5.41) is 3.85. The van der Waals surface area contributed by atoms with Crippen molar-refractivity contribution in [2.24, 2.45) is 7.05 Å². The van der Waals surface area contributed by atoms with E-state index in [1.807, 2.05) is 60.3 Å². The average molecular weight is 427 g/mol. The zero-order chi connectivity index (χ0) is 22.4. The number of rotatable bonds is 4. The maximum atomic E-state index is 13.5. The number of fused-ring (bicyclic) bond motifs is 2. The Morgan fingerprint density at radius 2 is 1.66 bits per heavy atom. The highest BCUT2D eigenvalue weighted by atomic mass is 19.1. The molecule has 2 heterocycles. The molecule has 4 aromatic rings. The number of aromatic nitrogens is 1. The van der Waals surface area contributed by atoms with E-state index in [9.17, 15) is 14.0 Å². The van der Waals surface area contributed by atoms with Crippen LogP contribution in [-0.2, 0) is 11.8 Å². The lowest BCUT2D eigenvalue weighted by Gasteiger charge is -2.30. The van der Waals surface area contributed by atoms with Gasteiger partial charge in [-0.05, 0) is 48.9 Å². The van der Waals surface area contributed by atoms with Gasteiger partial charge in [0, 0.05) is 41.0 Å². The first-order valence-corrected chi connectivity index (χ1v) is 10.5. The van der Waals surface area contributed by atoms with Gasteiger partial charge in [0.15, 0.2) is 0 Å². The van der Waals surface area contributed by atoms with E-state index in [1.165, 1.54) is 24.3 Å². The van der Waals surface area contributed by atoms with Crippen LogP contribution < -0.4 is 5.32 Å². The molecule has 2 amide bonds. The highest BCUT2D eigenvalue weighted by Crippen LogP contribution is 2.42. The molecule has 32 heavy (non-hydrogen) atoms. The van der Waals surface area contributed by atoms with Crippen molar-refractivity contribution in [3.05, 3.63) is 102 Å². The zero-order valence-electron chi connectivity index (χ0n) is 17.7. The second kappa shape index (κ2) is 7.64. The van der Waals surface area contributed by atoms with Crippen LogP contribution in [0.5, 0.6) is 0 Å². The summed E-state index contributed by atoms with van der Waals surface area (Å²) in [4.78, 5) is 28.2. The molecule has 1 aliphatic heterocycles. The Bertz CT molecular complexity index is 1340. The summed E-state index contributed by atoms with van der Waals surface area (Å²) in [7, 11) is 1.98. The van der Waals surface area contributed by atoms with Crippen molar-refractivity contribution in [2.45, 2.75) is 19.0 Å². The maximum Gasteiger partial charge on any atom is 0.255 e. The highest BCUT2D eigenvalue weighted by Gasteiger charge is 2.43. The summed E-state index contributed by atoms with van der Waals surface area (Å²) in [5.41, 5.74) is 4.00. The SMILES string of the molecule is C[C@H](C(=O)Nc1ccc(F)cc1)N1C(=O)c2ccccc2[C@@H]1c1cn(C)c2ccccc12. The van der Waals surface area contributed by atoms with E-state index in [1.54, 1.807) is 17.9 Å². The molecule has 0 saturated carbocycles. The smallest absolute Gasteiger partial charge is 0.255 e. The normalized spacial score (nSPS) is 16.3. The van der Waals surface area contributed by atoms with Gasteiger partial charge < -0.3 is 14.8 Å². The predicted octanol–water partition coefficient (Wildman–Crippen LogP) is 4.89. The fourth-order valence-electron chi connectivity index (χ4n) is 4.55. The van der Waals surface area contributed by atoms with E-state index in [0.717, 1.165) is 22.0 Å². The van der Waals surface area contributed by atoms with Gasteiger partial charge in [0.1, 0.15) is 11.9 Å². The number of aryl methyl sites for hydroxylation is 1. The van der Waals surface area contributed by atoms with Crippen molar-refractivity contribution in [3.63, 3.8) is 0 Å². The first-order valence-electron chi connectivity index (χ1n) is 10.5. The average Bonchev–Trinajstić information content (AvgIpc) is 3.29. The van der Waals surface area contributed by atoms with Crippen LogP contribution in [0, 0.1) is 5.82 Å². The Hall–Kier alpha value is -3.93. The molecule has 0 bridgehead atoms. The molecular formula is C26H22FN3O2. The number of nitrogens with zero attached hydrogens (tertiary/aromatic N) is 2. The number of halogens is 1. The summed E-state index contributed by atoms with van der Waals surface area (Å²) in [6, 6.07) is 20.0. The lowest BCUT2D eigenvalue weighted by molar-refractivity contribution is -0.120. The predicted molar refractivity (Wildman–Crippen MR) is 122 cm³/mol. The van der Waals surface area contributed by atoms with Gasteiger partial charge in [-0.1, -0.05) is 36.4 Å². The Morgan fingerprint density at radius 3 is 2.44 bits per heavy atom. The number of para-hydroxylation sites is 1. The van der Waals surface area contributed by atoms with Gasteiger partial charge in [0.25, 0.3) is 5.91 Å². The van der Waals surface area contributed by atoms with E-state index >= 15 is 0 Å². The van der Waals surface area contributed by atoms with Crippen molar-refractivity contribution in [1.82, 2.24) is 9.47 Å². The summed E-state index contributed by atoms with van der Waals surface area (Å²) in [6.45, 7) is 1.72. The molecule has 0 spiro atoms. The molecule has 0 saturated heterocycles. The topological polar surface area (TPSA) is 54.3 Å². The van der Waals surface area contributed by atoms with Gasteiger partial charge in [-0.15, -0.1) is 0 Å². The molecular weight excluding hydrogens is 405 g/mol. The number of carbonyl (C=O) groups excluding carboxylic acids is 2. The van der Waals surface area contributed by atoms with Gasteiger partial charge in [-0.3, -0.25) is 9.59 Å². The van der Waals surface area contributed by atoms with Crippen LogP contribution in [0.2, 0.25) is 0 Å². The Balaban J connectivity index is 1.57. The first-order chi connectivity index (χ1) is 15.5. The van der Waals surface area contributed by atoms with Crippen molar-refractivity contribution < 1.29 is 14.0 Å². The fourth-order valence-corrected chi connectivity index (χ4v) is 4.55. The van der Waals surface area contributed by atoms with Crippen LogP contribution in [0.15, 0.2) is 79.0 Å². The molecule has 0 aliphatic carbocycles. The second-order valence-corrected chi connectivity index (χ2v) is 8.09. The Morgan fingerprint density at radius 1 is 0.969 bits per heavy atom. The van der Waals surface area contributed by atoms with E-state index in [-0.39, 0.29) is 17.6 Å². The molecule has 0 fully saturated rings. The zero-order valence-corrected chi connectivity index (χ0v) is 17.7. The molecule has 6 heteroatoms. The van der Waals surface area contributed by atoms with Crippen molar-refractivity contribution in [1.29, 1.82) is 0 Å². The molecule has 1 aliphatic rings. The van der Waals surface area contributed by atoms with Gasteiger partial charge in [-0.2, -0.15) is 0 Å². The van der Waals surface area contributed by atoms with Crippen LogP contribution in [0.3, 0.4) is 0 Å². The summed E-state index contributed by atoms with van der Waals surface area (Å²) in [6.07, 6.45) is 2.03. The number of hydrogen-bond acceptors (Lipinski definition) is 2. The number of benzene rings is 3. The molecule has 1 N–H and O–H groups in total. The Kier molecular flexibility index (Phi) is 4.78. The van der Waals surface area contributed by atoms with Crippen LogP contribution in [0.4, 0.5) is 10.1 Å². The largest absolute Gasteiger partial charge is 0.350 e. The maximum absolute atomic E-state index is 13.5. The second-order valence-electron chi connectivity index (χ2n) is 8.09. The quantitative estimate of drug-likeness (QED) is 0.504. The molecule has 1 aromatic heterocycles. The molecule has 3 aromatic carbocycles. The van der Waals surface area contributed by atoms with Crippen LogP contribution in [0.25, 0.3) is 10.9 Å². The van der Waals surface area contributed by atoms with Crippen molar-refractivity contribution in [2.75, 3.05) is 5.32 Å². The van der Waals surface area contributed by atoms with Crippen molar-refractivity contribution in [3.8, 4) is 0 Å². The number of anilines is 1. The van der Waals surface area contributed by atoms with Gasteiger partial charge in [0.05, 0.1) is 6.04 Å². The summed E-state index contributed by atoms with van der Waals surface area (Å²) >= 11 is 0. The molecule has 160 valence electrons. The van der Waals surface area contributed by atoms with Crippen LogP contribution in [-0.4, -0.2) is 27.3 Å². The van der Waals surface area contributed by atoms with E-state index in [4.69, 9.17) is 0 Å². The fraction of sp³-hybridized carbons (Fsp3) is 0.154. The van der Waals surface area contributed by atoms with E-state index in [0.29, 0.717) is 11.3 Å². The molecule has 2 atom stereocenters. The van der Waals surface area contributed by atoms with E-state index < -0.39 is 12.1 Å². The number of amides is 2. The first kappa shape index (κ1) is 20.0. The summed E-state index contributed by atoms with van der Waals surface area (Å²) < 4.78 is 15.3. The molecule has 5 nitrogen and oxygen atoms in total. The number of nitrogens with one attached hydrogen (secondary N) is 1. The third kappa shape index (κ3) is 3.15.